The first kappa shape index (κ1) is 20.9. The van der Waals surface area contributed by atoms with Crippen molar-refractivity contribution in [2.24, 2.45) is 10.7 Å². The van der Waals surface area contributed by atoms with Crippen LogP contribution in [0.1, 0.15) is 11.1 Å². The van der Waals surface area contributed by atoms with Crippen molar-refractivity contribution in [2.45, 2.75) is 5.54 Å². The van der Waals surface area contributed by atoms with Gasteiger partial charge in [-0.25, -0.2) is 4.98 Å². The Morgan fingerprint density at radius 1 is 1.00 bits per heavy atom. The fourth-order valence-corrected chi connectivity index (χ4v) is 4.70. The number of aromatic nitrogens is 2. The molecule has 1 fully saturated rings. The quantitative estimate of drug-likeness (QED) is 0.582. The lowest BCUT2D eigenvalue weighted by Gasteiger charge is -2.40. The van der Waals surface area contributed by atoms with E-state index in [1.807, 2.05) is 4.90 Å². The summed E-state index contributed by atoms with van der Waals surface area (Å²) in [5, 5.41) is 0. The van der Waals surface area contributed by atoms with Crippen LogP contribution >= 0.6 is 0 Å². The van der Waals surface area contributed by atoms with Crippen LogP contribution in [0.2, 0.25) is 0 Å². The van der Waals surface area contributed by atoms with E-state index in [2.05, 4.69) is 9.97 Å². The van der Waals surface area contributed by atoms with Crippen LogP contribution in [0.15, 0.2) is 47.6 Å². The lowest BCUT2D eigenvalue weighted by Crippen LogP contribution is -2.43. The van der Waals surface area contributed by atoms with Gasteiger partial charge in [-0.2, -0.15) is 13.8 Å². The van der Waals surface area contributed by atoms with E-state index in [0.29, 0.717) is 60.1 Å². The van der Waals surface area contributed by atoms with Crippen LogP contribution in [-0.4, -0.2) is 55.3 Å². The summed E-state index contributed by atoms with van der Waals surface area (Å²) in [4.78, 5) is 14.6. The maximum absolute atomic E-state index is 15.3. The molecule has 3 aliphatic rings. The van der Waals surface area contributed by atoms with Crippen LogP contribution in [0.4, 0.5) is 14.6 Å². The van der Waals surface area contributed by atoms with Crippen molar-refractivity contribution in [1.29, 1.82) is 0 Å². The number of nitrogens with two attached hydrogens (primary N) is 1. The maximum Gasteiger partial charge on any atom is 0.258 e. The van der Waals surface area contributed by atoms with Gasteiger partial charge in [0.05, 0.1) is 19.8 Å². The molecule has 2 N–H and O–H groups in total. The van der Waals surface area contributed by atoms with Crippen LogP contribution in [0.5, 0.6) is 11.5 Å². The van der Waals surface area contributed by atoms with Crippen molar-refractivity contribution in [3.8, 4) is 22.6 Å². The number of ether oxygens (including phenoxy) is 3. The number of aliphatic imine (C=N–C) groups is 1. The Morgan fingerprint density at radius 2 is 1.85 bits per heavy atom. The number of hydrogen-bond donors (Lipinski definition) is 1. The van der Waals surface area contributed by atoms with E-state index in [1.165, 1.54) is 6.20 Å². The molecule has 2 aromatic heterocycles. The summed E-state index contributed by atoms with van der Waals surface area (Å²) in [6.07, 6.45) is 1.39. The van der Waals surface area contributed by atoms with E-state index in [9.17, 15) is 4.39 Å². The molecule has 3 aromatic rings. The molecule has 8 nitrogen and oxygen atoms in total. The molecule has 174 valence electrons. The van der Waals surface area contributed by atoms with Crippen molar-refractivity contribution >= 4 is 11.7 Å². The molecule has 1 spiro atoms. The molecule has 1 unspecified atom stereocenters. The summed E-state index contributed by atoms with van der Waals surface area (Å²) >= 11 is 0. The molecule has 3 aliphatic heterocycles. The molecule has 1 aromatic carbocycles. The minimum atomic E-state index is -1.18. The fraction of sp³-hybridized carbons (Fsp3) is 0.292. The lowest BCUT2D eigenvalue weighted by atomic mass is 9.80. The largest absolute Gasteiger partial charge is 0.452 e. The summed E-state index contributed by atoms with van der Waals surface area (Å²) in [5.41, 5.74) is 6.92. The van der Waals surface area contributed by atoms with Gasteiger partial charge in [-0.05, 0) is 35.9 Å². The first-order chi connectivity index (χ1) is 16.5. The number of amidine groups is 1. The number of rotatable bonds is 2. The first-order valence-electron chi connectivity index (χ1n) is 10.9. The predicted molar refractivity (Wildman–Crippen MR) is 120 cm³/mol. The second-order valence-electron chi connectivity index (χ2n) is 8.36. The van der Waals surface area contributed by atoms with Crippen molar-refractivity contribution in [3.63, 3.8) is 0 Å². The molecule has 34 heavy (non-hydrogen) atoms. The third kappa shape index (κ3) is 3.29. The monoisotopic (exact) mass is 465 g/mol. The molecular formula is C24H21F2N5O3. The Kier molecular flexibility index (Phi) is 4.93. The smallest absolute Gasteiger partial charge is 0.258 e. The highest BCUT2D eigenvalue weighted by molar-refractivity contribution is 5.84. The summed E-state index contributed by atoms with van der Waals surface area (Å²) < 4.78 is 47.0. The van der Waals surface area contributed by atoms with Crippen LogP contribution in [0.3, 0.4) is 0 Å². The normalized spacial score (nSPS) is 21.5. The second-order valence-corrected chi connectivity index (χ2v) is 8.36. The molecule has 0 amide bonds. The Labute approximate surface area is 194 Å². The third-order valence-corrected chi connectivity index (χ3v) is 6.30. The van der Waals surface area contributed by atoms with Gasteiger partial charge < -0.3 is 24.8 Å². The molecule has 0 saturated carbocycles. The van der Waals surface area contributed by atoms with Crippen molar-refractivity contribution in [2.75, 3.05) is 44.4 Å². The Bertz CT molecular complexity index is 1310. The third-order valence-electron chi connectivity index (χ3n) is 6.30. The Balaban J connectivity index is 1.56. The Hall–Kier alpha value is -3.63. The average molecular weight is 465 g/mol. The topological polar surface area (TPSA) is 95.1 Å². The highest BCUT2D eigenvalue weighted by atomic mass is 19.1. The number of benzene rings is 1. The molecule has 0 aliphatic carbocycles. The van der Waals surface area contributed by atoms with E-state index in [-0.39, 0.29) is 24.8 Å². The Morgan fingerprint density at radius 3 is 2.65 bits per heavy atom. The van der Waals surface area contributed by atoms with Gasteiger partial charge in [0.25, 0.3) is 5.95 Å². The van der Waals surface area contributed by atoms with Gasteiger partial charge in [0.15, 0.2) is 5.75 Å². The lowest BCUT2D eigenvalue weighted by molar-refractivity contribution is 0.109. The van der Waals surface area contributed by atoms with Gasteiger partial charge in [0, 0.05) is 36.0 Å². The van der Waals surface area contributed by atoms with Gasteiger partial charge in [0.2, 0.25) is 5.95 Å². The first-order valence-corrected chi connectivity index (χ1v) is 10.9. The van der Waals surface area contributed by atoms with Gasteiger partial charge in [0.1, 0.15) is 29.5 Å². The molecular weight excluding hydrogens is 444 g/mol. The maximum atomic E-state index is 15.3. The number of morpholine rings is 1. The fourth-order valence-electron chi connectivity index (χ4n) is 4.70. The van der Waals surface area contributed by atoms with Crippen molar-refractivity contribution < 1.29 is 23.0 Å². The van der Waals surface area contributed by atoms with Crippen LogP contribution < -0.4 is 15.4 Å². The summed E-state index contributed by atoms with van der Waals surface area (Å²) in [7, 11) is 0. The molecule has 10 heteroatoms. The number of anilines is 1. The predicted octanol–water partition coefficient (Wildman–Crippen LogP) is 3.00. The average Bonchev–Trinajstić information content (AvgIpc) is 2.86. The molecule has 1 saturated heterocycles. The molecule has 0 bridgehead atoms. The van der Waals surface area contributed by atoms with Crippen molar-refractivity contribution in [1.82, 2.24) is 9.97 Å². The van der Waals surface area contributed by atoms with Crippen LogP contribution in [0, 0.1) is 11.9 Å². The zero-order valence-corrected chi connectivity index (χ0v) is 18.1. The summed E-state index contributed by atoms with van der Waals surface area (Å²) in [5.74, 6) is -0.255. The van der Waals surface area contributed by atoms with Gasteiger partial charge in [-0.1, -0.05) is 6.07 Å². The highest BCUT2D eigenvalue weighted by Gasteiger charge is 2.47. The standard InChI is InChI=1S/C24H21F2N5O3/c25-22-15(2-1-5-28-22)14-3-4-18-16(10-14)24(13-33-12-19(27)30-24)17-11-20(29-23(26)21(17)34-18)31-6-8-32-9-7-31/h1-5,10-11H,6-9,12-13H2,(H2,27,30). The van der Waals surface area contributed by atoms with Gasteiger partial charge >= 0.3 is 0 Å². The minimum Gasteiger partial charge on any atom is -0.452 e. The van der Waals surface area contributed by atoms with Crippen LogP contribution in [-0.2, 0) is 15.0 Å². The number of nitrogens with zero attached hydrogens (tertiary/aromatic N) is 4. The van der Waals surface area contributed by atoms with E-state index < -0.39 is 17.4 Å². The zero-order chi connectivity index (χ0) is 23.3. The van der Waals surface area contributed by atoms with Gasteiger partial charge in [-0.15, -0.1) is 0 Å². The van der Waals surface area contributed by atoms with Gasteiger partial charge in [-0.3, -0.25) is 4.99 Å². The number of hydrogen-bond acceptors (Lipinski definition) is 8. The molecule has 6 rings (SSSR count). The molecule has 0 radical (unpaired) electrons. The van der Waals surface area contributed by atoms with E-state index in [1.54, 1.807) is 36.4 Å². The van der Waals surface area contributed by atoms with E-state index in [0.717, 1.165) is 0 Å². The zero-order valence-electron chi connectivity index (χ0n) is 18.1. The number of pyridine rings is 2. The molecule has 1 atom stereocenters. The number of halogens is 2. The second kappa shape index (κ2) is 8.00. The van der Waals surface area contributed by atoms with Crippen molar-refractivity contribution in [3.05, 3.63) is 65.6 Å². The summed E-state index contributed by atoms with van der Waals surface area (Å²) in [6, 6.07) is 10.2. The van der Waals surface area contributed by atoms with E-state index in [4.69, 9.17) is 24.9 Å². The van der Waals surface area contributed by atoms with Crippen LogP contribution in [0.25, 0.3) is 11.1 Å². The summed E-state index contributed by atoms with van der Waals surface area (Å²) in [6.45, 7) is 2.50. The SMILES string of the molecule is NC1=NC2(COC1)c1cc(-c3cccnc3F)ccc1Oc1c2cc(N2CCOCC2)nc1F. The molecule has 5 heterocycles. The number of fused-ring (bicyclic) bond motifs is 4. The minimum absolute atomic E-state index is 0.0214. The van der Waals surface area contributed by atoms with E-state index >= 15 is 4.39 Å². The highest BCUT2D eigenvalue weighted by Crippen LogP contribution is 2.52.